The molecule has 0 bridgehead atoms. The van der Waals surface area contributed by atoms with Gasteiger partial charge in [-0.15, -0.1) is 0 Å². The molecular formula is C33H41N9O. The number of piperidine rings is 2. The Hall–Kier alpha value is -3.89. The summed E-state index contributed by atoms with van der Waals surface area (Å²) in [5, 5.41) is 14.7. The van der Waals surface area contributed by atoms with Gasteiger partial charge in [-0.3, -0.25) is 9.36 Å². The molecule has 224 valence electrons. The van der Waals surface area contributed by atoms with E-state index < -0.39 is 0 Å². The second kappa shape index (κ2) is 12.4. The molecule has 7 rings (SSSR count). The van der Waals surface area contributed by atoms with E-state index in [1.54, 1.807) is 0 Å². The Morgan fingerprint density at radius 3 is 2.28 bits per heavy atom. The van der Waals surface area contributed by atoms with E-state index >= 15 is 0 Å². The number of rotatable bonds is 7. The first kappa shape index (κ1) is 27.9. The molecule has 10 nitrogen and oxygen atoms in total. The van der Waals surface area contributed by atoms with Gasteiger partial charge in [-0.2, -0.15) is 4.98 Å². The molecule has 4 N–H and O–H groups in total. The summed E-state index contributed by atoms with van der Waals surface area (Å²) in [6.45, 7) is 6.04. The monoisotopic (exact) mass is 579 g/mol. The van der Waals surface area contributed by atoms with Gasteiger partial charge in [0.15, 0.2) is 0 Å². The van der Waals surface area contributed by atoms with Gasteiger partial charge in [-0.25, -0.2) is 15.0 Å². The zero-order valence-electron chi connectivity index (χ0n) is 24.9. The first-order valence-electron chi connectivity index (χ1n) is 15.9. The van der Waals surface area contributed by atoms with E-state index in [0.29, 0.717) is 29.1 Å². The predicted octanol–water partition coefficient (Wildman–Crippen LogP) is 5.05. The normalized spacial score (nSPS) is 18.7. The molecule has 0 spiro atoms. The second-order valence-corrected chi connectivity index (χ2v) is 12.3. The summed E-state index contributed by atoms with van der Waals surface area (Å²) in [7, 11) is 0. The van der Waals surface area contributed by atoms with E-state index in [1.807, 2.05) is 42.1 Å². The van der Waals surface area contributed by atoms with E-state index in [2.05, 4.69) is 43.4 Å². The van der Waals surface area contributed by atoms with Gasteiger partial charge in [0, 0.05) is 47.2 Å². The quantitative estimate of drug-likeness (QED) is 0.238. The summed E-state index contributed by atoms with van der Waals surface area (Å²) < 4.78 is 1.92. The molecule has 2 saturated heterocycles. The van der Waals surface area contributed by atoms with Crippen LogP contribution in [-0.2, 0) is 0 Å². The molecule has 3 aromatic heterocycles. The summed E-state index contributed by atoms with van der Waals surface area (Å²) in [4.78, 5) is 33.5. The highest BCUT2D eigenvalue weighted by Gasteiger charge is 2.25. The third-order valence-corrected chi connectivity index (χ3v) is 9.26. The van der Waals surface area contributed by atoms with Crippen LogP contribution in [0.4, 0.5) is 17.3 Å². The fourth-order valence-corrected chi connectivity index (χ4v) is 6.84. The van der Waals surface area contributed by atoms with Gasteiger partial charge in [0.25, 0.3) is 5.56 Å². The maximum atomic E-state index is 14.3. The molecular weight excluding hydrogens is 538 g/mol. The van der Waals surface area contributed by atoms with Crippen molar-refractivity contribution in [3.8, 4) is 11.3 Å². The van der Waals surface area contributed by atoms with Gasteiger partial charge in [0.2, 0.25) is 5.95 Å². The molecule has 0 atom stereocenters. The van der Waals surface area contributed by atoms with Crippen molar-refractivity contribution in [3.63, 3.8) is 0 Å². The molecule has 1 aromatic carbocycles. The third kappa shape index (κ3) is 5.99. The summed E-state index contributed by atoms with van der Waals surface area (Å²) >= 11 is 0. The van der Waals surface area contributed by atoms with Crippen LogP contribution in [0.15, 0.2) is 47.5 Å². The van der Waals surface area contributed by atoms with Gasteiger partial charge in [0.1, 0.15) is 11.5 Å². The minimum atomic E-state index is -0.0320. The molecule has 3 aliphatic rings. The van der Waals surface area contributed by atoms with Crippen molar-refractivity contribution in [3.05, 3.63) is 64.5 Å². The van der Waals surface area contributed by atoms with E-state index in [-0.39, 0.29) is 11.6 Å². The fourth-order valence-electron chi connectivity index (χ4n) is 6.84. The molecule has 5 heterocycles. The minimum Gasteiger partial charge on any atom is -0.382 e. The van der Waals surface area contributed by atoms with Gasteiger partial charge < -0.3 is 21.3 Å². The Kier molecular flexibility index (Phi) is 8.04. The lowest BCUT2D eigenvalue weighted by molar-refractivity contribution is 0.445. The van der Waals surface area contributed by atoms with Crippen LogP contribution in [0.1, 0.15) is 74.7 Å². The van der Waals surface area contributed by atoms with Crippen molar-refractivity contribution in [1.29, 1.82) is 0 Å². The van der Waals surface area contributed by atoms with E-state index in [0.717, 1.165) is 111 Å². The smallest absolute Gasteiger partial charge is 0.261 e. The van der Waals surface area contributed by atoms with Crippen LogP contribution < -0.4 is 26.8 Å². The van der Waals surface area contributed by atoms with Crippen LogP contribution in [0.3, 0.4) is 0 Å². The Labute approximate surface area is 252 Å². The Morgan fingerprint density at radius 2 is 1.53 bits per heavy atom. The third-order valence-electron chi connectivity index (χ3n) is 9.26. The van der Waals surface area contributed by atoms with Gasteiger partial charge in [0.05, 0.1) is 11.3 Å². The van der Waals surface area contributed by atoms with Crippen LogP contribution in [0.25, 0.3) is 22.3 Å². The highest BCUT2D eigenvalue weighted by atomic mass is 16.1. The first-order valence-corrected chi connectivity index (χ1v) is 15.9. The van der Waals surface area contributed by atoms with Crippen molar-refractivity contribution in [2.24, 2.45) is 0 Å². The molecule has 0 radical (unpaired) electrons. The lowest BCUT2D eigenvalue weighted by atomic mass is 9.96. The number of hydrogen-bond acceptors (Lipinski definition) is 9. The average molecular weight is 580 g/mol. The summed E-state index contributed by atoms with van der Waals surface area (Å²) in [5.74, 6) is 1.63. The Bertz CT molecular complexity index is 1630. The number of hydrogen-bond donors (Lipinski definition) is 4. The molecule has 0 unspecified atom stereocenters. The van der Waals surface area contributed by atoms with E-state index in [4.69, 9.17) is 9.97 Å². The second-order valence-electron chi connectivity index (χ2n) is 12.3. The molecule has 1 saturated carbocycles. The fraction of sp³-hybridized carbons (Fsp3) is 0.485. The van der Waals surface area contributed by atoms with Gasteiger partial charge >= 0.3 is 0 Å². The molecule has 1 aliphatic carbocycles. The van der Waals surface area contributed by atoms with Crippen molar-refractivity contribution < 1.29 is 0 Å². The number of pyridine rings is 1. The lowest BCUT2D eigenvalue weighted by Gasteiger charge is -2.24. The SMILES string of the molecule is Cc1cnc(C2CCNCC2)nc1-c1cc2cnc(Nc3ccc(NC4CCNCC4)cc3)nc2n(C2CCCC2)c1=O. The van der Waals surface area contributed by atoms with Crippen LogP contribution in [0, 0.1) is 6.92 Å². The molecule has 10 heteroatoms. The number of aromatic nitrogens is 5. The molecule has 4 aromatic rings. The Morgan fingerprint density at radius 1 is 0.837 bits per heavy atom. The standard InChI is InChI=1S/C33H41N9O/c1-21-19-36-30(22-10-14-34-15-11-22)40-29(21)28-18-23-20-37-33(41-31(23)42(32(28)43)27-4-2-3-5-27)39-25-8-6-24(7-9-25)38-26-12-16-35-17-13-26/h6-9,18-20,22,26-27,34-35,38H,2-5,10-17H2,1H3,(H,37,39,41). The number of benzene rings is 1. The number of fused-ring (bicyclic) bond motifs is 1. The number of nitrogens with one attached hydrogen (secondary N) is 4. The number of aryl methyl sites for hydroxylation is 1. The predicted molar refractivity (Wildman–Crippen MR) is 171 cm³/mol. The van der Waals surface area contributed by atoms with Gasteiger partial charge in [-0.05, 0) is 108 Å². The Balaban J connectivity index is 1.21. The van der Waals surface area contributed by atoms with Crippen LogP contribution in [0.2, 0.25) is 0 Å². The van der Waals surface area contributed by atoms with Gasteiger partial charge in [-0.1, -0.05) is 12.8 Å². The molecule has 0 amide bonds. The zero-order chi connectivity index (χ0) is 29.2. The van der Waals surface area contributed by atoms with Crippen molar-refractivity contribution >= 4 is 28.4 Å². The van der Waals surface area contributed by atoms with E-state index in [1.165, 1.54) is 0 Å². The highest BCUT2D eigenvalue weighted by molar-refractivity contribution is 5.82. The lowest BCUT2D eigenvalue weighted by Crippen LogP contribution is -2.35. The minimum absolute atomic E-state index is 0.0320. The summed E-state index contributed by atoms with van der Waals surface area (Å²) in [6.07, 6.45) is 12.2. The maximum Gasteiger partial charge on any atom is 0.261 e. The maximum absolute atomic E-state index is 14.3. The van der Waals surface area contributed by atoms with Crippen molar-refractivity contribution in [2.45, 2.75) is 76.3 Å². The zero-order valence-corrected chi connectivity index (χ0v) is 24.9. The number of nitrogens with zero attached hydrogens (tertiary/aromatic N) is 5. The summed E-state index contributed by atoms with van der Waals surface area (Å²) in [6, 6.07) is 10.8. The average Bonchev–Trinajstić information content (AvgIpc) is 3.58. The van der Waals surface area contributed by atoms with Crippen LogP contribution in [0.5, 0.6) is 0 Å². The summed E-state index contributed by atoms with van der Waals surface area (Å²) in [5.41, 5.74) is 4.90. The topological polar surface area (TPSA) is 122 Å². The van der Waals surface area contributed by atoms with Crippen LogP contribution in [-0.4, -0.2) is 56.7 Å². The van der Waals surface area contributed by atoms with Crippen molar-refractivity contribution in [1.82, 2.24) is 35.1 Å². The largest absolute Gasteiger partial charge is 0.382 e. The number of anilines is 3. The van der Waals surface area contributed by atoms with Crippen LogP contribution >= 0.6 is 0 Å². The first-order chi connectivity index (χ1) is 21.1. The highest BCUT2D eigenvalue weighted by Crippen LogP contribution is 2.33. The molecule has 2 aliphatic heterocycles. The van der Waals surface area contributed by atoms with E-state index in [9.17, 15) is 4.79 Å². The molecule has 43 heavy (non-hydrogen) atoms. The molecule has 3 fully saturated rings. The van der Waals surface area contributed by atoms with Crippen molar-refractivity contribution in [2.75, 3.05) is 36.8 Å².